The summed E-state index contributed by atoms with van der Waals surface area (Å²) in [5.41, 5.74) is 0.230. The van der Waals surface area contributed by atoms with Gasteiger partial charge in [-0.1, -0.05) is 31.2 Å². The van der Waals surface area contributed by atoms with E-state index in [4.69, 9.17) is 9.15 Å². The number of hydrogen-bond acceptors (Lipinski definition) is 6. The number of fused-ring (bicyclic) bond motifs is 1. The first-order chi connectivity index (χ1) is 13.5. The second-order valence-corrected chi connectivity index (χ2v) is 6.42. The Hall–Kier alpha value is -3.48. The molecule has 2 aromatic heterocycles. The lowest BCUT2D eigenvalue weighted by atomic mass is 10.1. The maximum Gasteiger partial charge on any atom is 0.349 e. The first-order valence-electron chi connectivity index (χ1n) is 8.79. The van der Waals surface area contributed by atoms with Crippen molar-refractivity contribution in [3.05, 3.63) is 76.4 Å². The van der Waals surface area contributed by atoms with Gasteiger partial charge in [-0.05, 0) is 24.3 Å². The molecule has 1 amide bonds. The van der Waals surface area contributed by atoms with E-state index in [2.05, 4.69) is 4.98 Å². The lowest BCUT2D eigenvalue weighted by molar-refractivity contribution is -0.145. The largest absolute Gasteiger partial charge is 0.469 e. The number of ether oxygens (including phenoxy) is 1. The van der Waals surface area contributed by atoms with Crippen molar-refractivity contribution in [1.29, 1.82) is 0 Å². The zero-order valence-electron chi connectivity index (χ0n) is 15.6. The Labute approximate surface area is 161 Å². The fraction of sp³-hybridized carbons (Fsp3) is 0.238. The first-order valence-corrected chi connectivity index (χ1v) is 8.79. The van der Waals surface area contributed by atoms with Gasteiger partial charge in [-0.2, -0.15) is 0 Å². The fourth-order valence-electron chi connectivity index (χ4n) is 2.89. The Morgan fingerprint density at radius 2 is 1.93 bits per heavy atom. The van der Waals surface area contributed by atoms with Crippen molar-refractivity contribution in [2.45, 2.75) is 13.5 Å². The lowest BCUT2D eigenvalue weighted by Gasteiger charge is -2.24. The molecule has 1 unspecified atom stereocenters. The van der Waals surface area contributed by atoms with Crippen LogP contribution in [-0.4, -0.2) is 35.4 Å². The van der Waals surface area contributed by atoms with Gasteiger partial charge in [0.05, 0.1) is 25.3 Å². The molecule has 7 heteroatoms. The van der Waals surface area contributed by atoms with Crippen molar-refractivity contribution in [1.82, 2.24) is 9.88 Å². The summed E-state index contributed by atoms with van der Waals surface area (Å²) in [6, 6.07) is 13.8. The molecule has 7 nitrogen and oxygen atoms in total. The maximum absolute atomic E-state index is 13.1. The monoisotopic (exact) mass is 380 g/mol. The number of nitrogens with zero attached hydrogens (tertiary/aromatic N) is 2. The molecule has 1 atom stereocenters. The van der Waals surface area contributed by atoms with Crippen molar-refractivity contribution >= 4 is 22.8 Å². The van der Waals surface area contributed by atoms with Crippen molar-refractivity contribution in [2.75, 3.05) is 13.7 Å². The van der Waals surface area contributed by atoms with Crippen LogP contribution < -0.4 is 5.63 Å². The average Bonchev–Trinajstić information content (AvgIpc) is 2.72. The molecule has 28 heavy (non-hydrogen) atoms. The highest BCUT2D eigenvalue weighted by atomic mass is 16.5. The quantitative estimate of drug-likeness (QED) is 0.482. The molecule has 1 aromatic carbocycles. The Bertz CT molecular complexity index is 1050. The van der Waals surface area contributed by atoms with Crippen LogP contribution in [0.25, 0.3) is 11.0 Å². The van der Waals surface area contributed by atoms with Crippen LogP contribution in [0.1, 0.15) is 23.0 Å². The second kappa shape index (κ2) is 8.47. The standard InChI is InChI=1S/C21H20N2O5/c1-14(20(25)27-2)12-23(13-16-8-5-6-10-22-16)19(24)17-11-15-7-3-4-9-18(15)28-21(17)26/h3-11,14H,12-13H2,1-2H3. The number of pyridine rings is 1. The molecule has 0 bridgehead atoms. The highest BCUT2D eigenvalue weighted by molar-refractivity contribution is 5.96. The fourth-order valence-corrected chi connectivity index (χ4v) is 2.89. The van der Waals surface area contributed by atoms with E-state index >= 15 is 0 Å². The molecule has 0 N–H and O–H groups in total. The third-order valence-corrected chi connectivity index (χ3v) is 4.34. The van der Waals surface area contributed by atoms with E-state index in [1.807, 2.05) is 0 Å². The van der Waals surface area contributed by atoms with Crippen LogP contribution in [0, 0.1) is 5.92 Å². The number of rotatable bonds is 6. The van der Waals surface area contributed by atoms with Gasteiger partial charge in [0.25, 0.3) is 5.91 Å². The predicted octanol–water partition coefficient (Wildman–Crippen LogP) is 2.64. The number of aromatic nitrogens is 1. The number of para-hydroxylation sites is 1. The highest BCUT2D eigenvalue weighted by Crippen LogP contribution is 2.16. The Balaban J connectivity index is 1.96. The van der Waals surface area contributed by atoms with Crippen LogP contribution >= 0.6 is 0 Å². The molecule has 0 aliphatic carbocycles. The number of amides is 1. The van der Waals surface area contributed by atoms with Gasteiger partial charge in [-0.25, -0.2) is 4.79 Å². The molecule has 0 aliphatic rings. The Morgan fingerprint density at radius 1 is 1.18 bits per heavy atom. The highest BCUT2D eigenvalue weighted by Gasteiger charge is 2.25. The number of methoxy groups -OCH3 is 1. The van der Waals surface area contributed by atoms with Gasteiger partial charge in [0.2, 0.25) is 0 Å². The van der Waals surface area contributed by atoms with E-state index in [1.165, 1.54) is 18.1 Å². The average molecular weight is 380 g/mol. The summed E-state index contributed by atoms with van der Waals surface area (Å²) in [5, 5.41) is 0.643. The molecule has 3 aromatic rings. The zero-order chi connectivity index (χ0) is 20.1. The third kappa shape index (κ3) is 4.25. The van der Waals surface area contributed by atoms with Gasteiger partial charge in [0.15, 0.2) is 0 Å². The number of esters is 1. The first kappa shape index (κ1) is 19.3. The van der Waals surface area contributed by atoms with Gasteiger partial charge >= 0.3 is 11.6 Å². The Kier molecular flexibility index (Phi) is 5.84. The van der Waals surface area contributed by atoms with Crippen molar-refractivity contribution < 1.29 is 18.7 Å². The van der Waals surface area contributed by atoms with Gasteiger partial charge in [0.1, 0.15) is 11.1 Å². The SMILES string of the molecule is COC(=O)C(C)CN(Cc1ccccn1)C(=O)c1cc2ccccc2oc1=O. The van der Waals surface area contributed by atoms with Crippen LogP contribution in [0.5, 0.6) is 0 Å². The number of benzene rings is 1. The summed E-state index contributed by atoms with van der Waals surface area (Å²) in [4.78, 5) is 43.0. The molecule has 0 spiro atoms. The minimum atomic E-state index is -0.722. The summed E-state index contributed by atoms with van der Waals surface area (Å²) in [5.74, 6) is -1.53. The van der Waals surface area contributed by atoms with E-state index < -0.39 is 23.4 Å². The second-order valence-electron chi connectivity index (χ2n) is 6.42. The molecular formula is C21H20N2O5. The topological polar surface area (TPSA) is 89.7 Å². The van der Waals surface area contributed by atoms with Gasteiger partial charge in [-0.3, -0.25) is 14.6 Å². The minimum Gasteiger partial charge on any atom is -0.469 e. The van der Waals surface area contributed by atoms with Crippen molar-refractivity contribution in [2.24, 2.45) is 5.92 Å². The maximum atomic E-state index is 13.1. The van der Waals surface area contributed by atoms with Gasteiger partial charge in [-0.15, -0.1) is 0 Å². The summed E-state index contributed by atoms with van der Waals surface area (Å²) in [6.07, 6.45) is 1.62. The summed E-state index contributed by atoms with van der Waals surface area (Å²) in [6.45, 7) is 1.88. The number of carbonyl (C=O) groups is 2. The van der Waals surface area contributed by atoms with E-state index in [0.717, 1.165) is 0 Å². The van der Waals surface area contributed by atoms with Crippen LogP contribution in [0.4, 0.5) is 0 Å². The van der Waals surface area contributed by atoms with E-state index in [-0.39, 0.29) is 18.7 Å². The number of carbonyl (C=O) groups excluding carboxylic acids is 2. The third-order valence-electron chi connectivity index (χ3n) is 4.34. The van der Waals surface area contributed by atoms with Crippen LogP contribution in [0.3, 0.4) is 0 Å². The van der Waals surface area contributed by atoms with E-state index in [9.17, 15) is 14.4 Å². The summed E-state index contributed by atoms with van der Waals surface area (Å²) in [7, 11) is 1.29. The van der Waals surface area contributed by atoms with Gasteiger partial charge in [0, 0.05) is 18.1 Å². The molecule has 0 radical (unpaired) electrons. The van der Waals surface area contributed by atoms with Crippen LogP contribution in [0.2, 0.25) is 0 Å². The van der Waals surface area contributed by atoms with E-state index in [0.29, 0.717) is 16.7 Å². The van der Waals surface area contributed by atoms with E-state index in [1.54, 1.807) is 55.6 Å². The normalized spacial score (nSPS) is 11.8. The zero-order valence-corrected chi connectivity index (χ0v) is 15.6. The molecule has 0 saturated carbocycles. The van der Waals surface area contributed by atoms with Crippen LogP contribution in [0.15, 0.2) is 63.9 Å². The molecular weight excluding hydrogens is 360 g/mol. The predicted molar refractivity (Wildman–Crippen MR) is 103 cm³/mol. The molecule has 0 aliphatic heterocycles. The minimum absolute atomic E-state index is 0.0777. The molecule has 2 heterocycles. The summed E-state index contributed by atoms with van der Waals surface area (Å²) < 4.78 is 10.0. The molecule has 0 fully saturated rings. The number of hydrogen-bond donors (Lipinski definition) is 0. The van der Waals surface area contributed by atoms with Crippen LogP contribution in [-0.2, 0) is 16.1 Å². The molecule has 3 rings (SSSR count). The molecule has 144 valence electrons. The molecule has 0 saturated heterocycles. The van der Waals surface area contributed by atoms with Gasteiger partial charge < -0.3 is 14.1 Å². The Morgan fingerprint density at radius 3 is 2.64 bits per heavy atom. The van der Waals surface area contributed by atoms with Crippen molar-refractivity contribution in [3.63, 3.8) is 0 Å². The summed E-state index contributed by atoms with van der Waals surface area (Å²) >= 11 is 0. The smallest absolute Gasteiger partial charge is 0.349 e. The van der Waals surface area contributed by atoms with Crippen molar-refractivity contribution in [3.8, 4) is 0 Å². The lowest BCUT2D eigenvalue weighted by Crippen LogP contribution is -2.38.